The first-order valence-electron chi connectivity index (χ1n) is 28.3. The number of imidazole rings is 1. The second-order valence-electron chi connectivity index (χ2n) is 17.2. The first-order valence-corrected chi connectivity index (χ1v) is 23.3. The van der Waals surface area contributed by atoms with E-state index < -0.39 is 60.4 Å². The number of nitrogens with zero attached hydrogens (tertiary/aromatic N) is 5. The van der Waals surface area contributed by atoms with E-state index in [1.54, 1.807) is 39.5 Å². The Morgan fingerprint density at radius 1 is 0.479 bits per heavy atom. The molecule has 14 aromatic rings. The first-order chi connectivity index (χ1) is 39.9. The van der Waals surface area contributed by atoms with Crippen LogP contribution >= 0.6 is 0 Å². The van der Waals surface area contributed by atoms with Crippen LogP contribution in [0.5, 0.6) is 11.5 Å². The Hall–Kier alpha value is -9.09. The number of hydrogen-bond donors (Lipinski definition) is 0. The third-order valence-corrected chi connectivity index (χ3v) is 13.1. The van der Waals surface area contributed by atoms with Crippen molar-refractivity contribution < 1.29 is 44.1 Å². The minimum atomic E-state index is -0.577. The molecule has 0 saturated heterocycles. The number of ether oxygens (including phenoxy) is 1. The van der Waals surface area contributed by atoms with Crippen LogP contribution in [0, 0.1) is 18.5 Å². The Balaban J connectivity index is 0.00000645. The standard InChI is InChI=1S/C66H41N5O.Pt/c1-4-19-45(20-5-1)52-29-17-30-53(46-21-6-2-7-22-46)65(52)69-44-68(61-35-14-15-36-62(61)69)48-25-16-26-50(41-48)72-51-37-38-57-55-27-10-13-34-60(55)71(63(57)43-51)64-42-49(39-40-67-64)70-59-33-12-11-28-56(59)58-32-18-31-54(66(58)70)47-23-8-3-9-24-47;/h1-40,42H;/q-2;/i1D,2D,4D,5D,6D,7D,19D,20D,21D,22D;. The summed E-state index contributed by atoms with van der Waals surface area (Å²) in [6, 6.07) is 60.7. The molecule has 7 heteroatoms. The minimum Gasteiger partial charge on any atom is -0.510 e. The average Bonchev–Trinajstić information content (AvgIpc) is 3.53. The van der Waals surface area contributed by atoms with Crippen molar-refractivity contribution in [3.63, 3.8) is 0 Å². The third-order valence-electron chi connectivity index (χ3n) is 13.1. The van der Waals surface area contributed by atoms with Gasteiger partial charge in [0.25, 0.3) is 6.33 Å². The molecule has 14 rings (SSSR count). The summed E-state index contributed by atoms with van der Waals surface area (Å²) in [4.78, 5) is 5.01. The van der Waals surface area contributed by atoms with Crippen molar-refractivity contribution in [2.45, 2.75) is 0 Å². The molecule has 4 heterocycles. The molecule has 0 unspecified atom stereocenters. The number of fused-ring (bicyclic) bond motifs is 7. The monoisotopic (exact) mass is 1120 g/mol. The molecule has 348 valence electrons. The summed E-state index contributed by atoms with van der Waals surface area (Å²) in [6.07, 6.45) is 5.26. The zero-order valence-corrected chi connectivity index (χ0v) is 40.6. The smallest absolute Gasteiger partial charge is 0.268 e. The summed E-state index contributed by atoms with van der Waals surface area (Å²) in [6.45, 7) is 0. The number of hydrogen-bond acceptors (Lipinski definition) is 2. The maximum atomic E-state index is 9.07. The molecule has 0 saturated carbocycles. The van der Waals surface area contributed by atoms with Gasteiger partial charge in [-0.05, 0) is 57.1 Å². The van der Waals surface area contributed by atoms with Gasteiger partial charge in [-0.3, -0.25) is 4.57 Å². The molecule has 0 N–H and O–H groups in total. The molecule has 0 spiro atoms. The van der Waals surface area contributed by atoms with Crippen LogP contribution in [0.2, 0.25) is 0 Å². The van der Waals surface area contributed by atoms with Crippen LogP contribution in [0.15, 0.2) is 249 Å². The molecule has 0 fully saturated rings. The second-order valence-corrected chi connectivity index (χ2v) is 17.2. The number of aromatic nitrogens is 5. The third kappa shape index (κ3) is 7.46. The van der Waals surface area contributed by atoms with Crippen LogP contribution < -0.4 is 9.30 Å². The van der Waals surface area contributed by atoms with Crippen molar-refractivity contribution in [1.82, 2.24) is 18.7 Å². The van der Waals surface area contributed by atoms with Gasteiger partial charge in [0, 0.05) is 66.7 Å². The maximum Gasteiger partial charge on any atom is 0.268 e. The summed E-state index contributed by atoms with van der Waals surface area (Å²) in [5.74, 6) is 1.43. The van der Waals surface area contributed by atoms with E-state index in [-0.39, 0.29) is 49.0 Å². The van der Waals surface area contributed by atoms with Crippen LogP contribution in [0.4, 0.5) is 0 Å². The van der Waals surface area contributed by atoms with Gasteiger partial charge < -0.3 is 18.4 Å². The van der Waals surface area contributed by atoms with E-state index in [0.29, 0.717) is 34.0 Å². The summed E-state index contributed by atoms with van der Waals surface area (Å²) in [5.41, 5.74) is 8.74. The molecule has 0 bridgehead atoms. The fourth-order valence-corrected chi connectivity index (χ4v) is 10.1. The van der Waals surface area contributed by atoms with Gasteiger partial charge in [0.1, 0.15) is 5.82 Å². The Kier molecular flexibility index (Phi) is 8.57. The van der Waals surface area contributed by atoms with E-state index in [1.807, 2.05) is 72.9 Å². The van der Waals surface area contributed by atoms with Crippen molar-refractivity contribution in [1.29, 1.82) is 0 Å². The van der Waals surface area contributed by atoms with Gasteiger partial charge in [-0.25, -0.2) is 4.98 Å². The SMILES string of the molecule is [2H]c1c([2H])c([2H])c(-c2cccc(-c3c([2H])c([2H])c([2H])c([2H])c3[2H])c2-[n+]2[c-]n(-c3[c-]c(Oc4[c-]c5c(cc4)c4ccccc4n5-c4cc(-n5c6ccccc6c6cccc(-c7ccccc7)c65)ccn4)ccc3)c3ccccc32)c([2H])c1[2H].[Pt]. The van der Waals surface area contributed by atoms with E-state index in [0.717, 1.165) is 60.4 Å². The molecule has 0 aliphatic heterocycles. The maximum absolute atomic E-state index is 9.07. The number of benzene rings is 10. The van der Waals surface area contributed by atoms with Gasteiger partial charge in [-0.1, -0.05) is 193 Å². The molecular weight excluding hydrogens is 1070 g/mol. The molecule has 10 aromatic carbocycles. The summed E-state index contributed by atoms with van der Waals surface area (Å²) in [5, 5.41) is 4.24. The number of para-hydroxylation sites is 6. The quantitative estimate of drug-likeness (QED) is 0.107. The zero-order valence-electron chi connectivity index (χ0n) is 48.4. The summed E-state index contributed by atoms with van der Waals surface area (Å²) < 4.78 is 102. The number of rotatable bonds is 9. The van der Waals surface area contributed by atoms with Gasteiger partial charge in [-0.2, -0.15) is 18.2 Å². The molecule has 73 heavy (non-hydrogen) atoms. The topological polar surface area (TPSA) is 40.8 Å². The van der Waals surface area contributed by atoms with Crippen molar-refractivity contribution in [2.75, 3.05) is 0 Å². The molecule has 6 nitrogen and oxygen atoms in total. The Morgan fingerprint density at radius 2 is 1.08 bits per heavy atom. The molecule has 0 radical (unpaired) electrons. The molecular formula is C66H41N5OPt-2. The zero-order chi connectivity index (χ0) is 56.2. The molecule has 0 aliphatic rings. The Bertz CT molecular complexity index is 4850. The van der Waals surface area contributed by atoms with Crippen LogP contribution in [-0.2, 0) is 21.1 Å². The molecule has 4 aromatic heterocycles. The Labute approximate surface area is 450 Å². The summed E-state index contributed by atoms with van der Waals surface area (Å²) in [7, 11) is 0. The van der Waals surface area contributed by atoms with Crippen molar-refractivity contribution >= 4 is 54.6 Å². The predicted octanol–water partition coefficient (Wildman–Crippen LogP) is 15.7. The van der Waals surface area contributed by atoms with Gasteiger partial charge in [0.05, 0.1) is 47.1 Å². The van der Waals surface area contributed by atoms with Crippen molar-refractivity contribution in [3.8, 4) is 67.8 Å². The average molecular weight is 1130 g/mol. The van der Waals surface area contributed by atoms with Crippen molar-refractivity contribution in [3.05, 3.63) is 267 Å². The van der Waals surface area contributed by atoms with E-state index in [2.05, 4.69) is 113 Å². The van der Waals surface area contributed by atoms with Crippen LogP contribution in [-0.4, -0.2) is 18.7 Å². The molecule has 0 aliphatic carbocycles. The number of pyridine rings is 1. The van der Waals surface area contributed by atoms with Gasteiger partial charge in [-0.15, -0.1) is 29.7 Å². The Morgan fingerprint density at radius 3 is 1.84 bits per heavy atom. The van der Waals surface area contributed by atoms with Crippen LogP contribution in [0.25, 0.3) is 111 Å². The van der Waals surface area contributed by atoms with Crippen molar-refractivity contribution in [2.24, 2.45) is 0 Å². The van der Waals surface area contributed by atoms with Gasteiger partial charge >= 0.3 is 0 Å². The molecule has 0 amide bonds. The predicted molar refractivity (Wildman–Crippen MR) is 291 cm³/mol. The van der Waals surface area contributed by atoms with Crippen LogP contribution in [0.3, 0.4) is 0 Å². The second kappa shape index (κ2) is 18.3. The fraction of sp³-hybridized carbons (Fsp3) is 0. The van der Waals surface area contributed by atoms with E-state index in [9.17, 15) is 0 Å². The van der Waals surface area contributed by atoms with Gasteiger partial charge in [0.15, 0.2) is 0 Å². The van der Waals surface area contributed by atoms with Crippen LogP contribution in [0.1, 0.15) is 13.7 Å². The largest absolute Gasteiger partial charge is 0.510 e. The van der Waals surface area contributed by atoms with E-state index in [4.69, 9.17) is 23.4 Å². The van der Waals surface area contributed by atoms with Gasteiger partial charge in [0.2, 0.25) is 0 Å². The van der Waals surface area contributed by atoms with E-state index in [1.165, 1.54) is 0 Å². The fourth-order valence-electron chi connectivity index (χ4n) is 10.1. The normalized spacial score (nSPS) is 13.4. The first kappa shape index (κ1) is 34.3. The van der Waals surface area contributed by atoms with E-state index >= 15 is 0 Å². The minimum absolute atomic E-state index is 0. The summed E-state index contributed by atoms with van der Waals surface area (Å²) >= 11 is 0. The molecule has 0 atom stereocenters.